The topological polar surface area (TPSA) is 210 Å². The molecule has 15 nitrogen and oxygen atoms in total. The van der Waals surface area contributed by atoms with Gasteiger partial charge in [0.1, 0.15) is 17.8 Å². The summed E-state index contributed by atoms with van der Waals surface area (Å²) in [5, 5.41) is 8.69. The standard InChI is InChI=1S/C22H26F2N4O6.C19H22N4O/c1-12-3-4-13(7-16(12)34-2)9-25-21(33)19(31)15-8-22(23,24)11-28(15)18(30)10-26-20(32)14-5-6-17(29)27-14;1-14(24)22-10-16-8-5-9-17(18(16)12-22)11-23(21)13-19(20)15-6-3-2-4-7-15/h3-4,7,14-15H,5-6,8-11H2,1-2H3,(H,25,33)(H,26,32)(H,27,29);2-9,13H,10-12,20-21H2,1H3/b;19-13-. The van der Waals surface area contributed by atoms with E-state index in [9.17, 15) is 37.5 Å². The third kappa shape index (κ3) is 10.9. The van der Waals surface area contributed by atoms with Gasteiger partial charge in [0, 0.05) is 45.6 Å². The predicted octanol–water partition coefficient (Wildman–Crippen LogP) is 2.00. The second-order valence-corrected chi connectivity index (χ2v) is 14.4. The molecule has 0 bridgehead atoms. The van der Waals surface area contributed by atoms with Crippen LogP contribution in [0.4, 0.5) is 8.78 Å². The van der Waals surface area contributed by atoms with Crippen molar-refractivity contribution in [3.8, 4) is 5.75 Å². The Morgan fingerprint density at radius 1 is 1.03 bits per heavy atom. The molecule has 2 unspecified atom stereocenters. The number of alkyl halides is 2. The minimum Gasteiger partial charge on any atom is -0.496 e. The van der Waals surface area contributed by atoms with E-state index in [1.165, 1.54) is 18.2 Å². The first-order valence-corrected chi connectivity index (χ1v) is 18.6. The van der Waals surface area contributed by atoms with Gasteiger partial charge < -0.3 is 41.2 Å². The number of nitrogens with zero attached hydrogens (tertiary/aromatic N) is 3. The lowest BCUT2D eigenvalue weighted by Gasteiger charge is -2.23. The number of ketones is 1. The number of hydrazine groups is 1. The largest absolute Gasteiger partial charge is 0.496 e. The molecule has 308 valence electrons. The van der Waals surface area contributed by atoms with E-state index in [0.717, 1.165) is 16.7 Å². The zero-order valence-electron chi connectivity index (χ0n) is 32.6. The third-order valence-electron chi connectivity index (χ3n) is 10.1. The fraction of sp³-hybridized carbons (Fsp3) is 0.366. The summed E-state index contributed by atoms with van der Waals surface area (Å²) in [5.41, 5.74) is 12.7. The number of hydrogen-bond acceptors (Lipinski definition) is 10. The summed E-state index contributed by atoms with van der Waals surface area (Å²) in [6.45, 7) is 3.57. The second kappa shape index (κ2) is 18.7. The molecule has 3 aromatic rings. The van der Waals surface area contributed by atoms with Gasteiger partial charge in [0.25, 0.3) is 11.8 Å². The Morgan fingerprint density at radius 3 is 2.45 bits per heavy atom. The maximum Gasteiger partial charge on any atom is 0.289 e. The van der Waals surface area contributed by atoms with Crippen molar-refractivity contribution in [3.05, 3.63) is 106 Å². The van der Waals surface area contributed by atoms with E-state index in [0.29, 0.717) is 41.5 Å². The van der Waals surface area contributed by atoms with Gasteiger partial charge in [-0.25, -0.2) is 14.6 Å². The molecule has 2 fully saturated rings. The van der Waals surface area contributed by atoms with E-state index in [1.807, 2.05) is 48.2 Å². The molecule has 3 aromatic carbocycles. The molecule has 3 aliphatic rings. The van der Waals surface area contributed by atoms with Crippen LogP contribution in [-0.4, -0.2) is 88.3 Å². The Labute approximate surface area is 334 Å². The zero-order chi connectivity index (χ0) is 42.1. The van der Waals surface area contributed by atoms with Gasteiger partial charge in [-0.1, -0.05) is 60.7 Å². The third-order valence-corrected chi connectivity index (χ3v) is 10.1. The SMILES string of the molecule is CC(=O)N1Cc2cccc(CN(N)/C=C(\N)c3ccccc3)c2C1.COc1cc(CNC(=O)C(=O)C2CC(F)(F)CN2C(=O)CNC(=O)C2CCC(=O)N2)ccc1C. The lowest BCUT2D eigenvalue weighted by atomic mass is 10.0. The van der Waals surface area contributed by atoms with Gasteiger partial charge in [-0.15, -0.1) is 0 Å². The summed E-state index contributed by atoms with van der Waals surface area (Å²) < 4.78 is 33.3. The average molecular weight is 803 g/mol. The van der Waals surface area contributed by atoms with E-state index in [-0.39, 0.29) is 31.2 Å². The van der Waals surface area contributed by atoms with Crippen LogP contribution in [0.1, 0.15) is 59.6 Å². The maximum absolute atomic E-state index is 14.1. The summed E-state index contributed by atoms with van der Waals surface area (Å²) in [6.07, 6.45) is 1.18. The summed E-state index contributed by atoms with van der Waals surface area (Å²) in [6, 6.07) is 18.6. The highest BCUT2D eigenvalue weighted by Gasteiger charge is 2.51. The van der Waals surface area contributed by atoms with Crippen molar-refractivity contribution in [2.24, 2.45) is 11.6 Å². The van der Waals surface area contributed by atoms with Crippen molar-refractivity contribution in [1.29, 1.82) is 0 Å². The highest BCUT2D eigenvalue weighted by Crippen LogP contribution is 2.33. The summed E-state index contributed by atoms with van der Waals surface area (Å²) in [5.74, 6) is -0.667. The smallest absolute Gasteiger partial charge is 0.289 e. The van der Waals surface area contributed by atoms with Gasteiger partial charge >= 0.3 is 0 Å². The highest BCUT2D eigenvalue weighted by atomic mass is 19.3. The van der Waals surface area contributed by atoms with Gasteiger partial charge in [-0.3, -0.25) is 28.8 Å². The van der Waals surface area contributed by atoms with Crippen molar-refractivity contribution in [2.45, 2.75) is 77.3 Å². The number of likely N-dealkylation sites (tertiary alicyclic amines) is 1. The fourth-order valence-electron chi connectivity index (χ4n) is 6.89. The molecular weight excluding hydrogens is 754 g/mol. The maximum atomic E-state index is 14.1. The summed E-state index contributed by atoms with van der Waals surface area (Å²) in [7, 11) is 1.49. The lowest BCUT2D eigenvalue weighted by molar-refractivity contribution is -0.144. The number of hydrogen-bond donors (Lipinski definition) is 5. The van der Waals surface area contributed by atoms with Crippen LogP contribution in [0.2, 0.25) is 0 Å². The number of aryl methyl sites for hydroxylation is 1. The first kappa shape index (κ1) is 42.8. The van der Waals surface area contributed by atoms with Gasteiger partial charge in [0.05, 0.1) is 32.4 Å². The van der Waals surface area contributed by atoms with Gasteiger partial charge in [-0.05, 0) is 52.8 Å². The van der Waals surface area contributed by atoms with E-state index < -0.39 is 61.0 Å². The molecule has 58 heavy (non-hydrogen) atoms. The molecule has 0 spiro atoms. The van der Waals surface area contributed by atoms with Crippen LogP contribution in [0, 0.1) is 6.92 Å². The molecule has 0 aliphatic carbocycles. The highest BCUT2D eigenvalue weighted by molar-refractivity contribution is 6.38. The van der Waals surface area contributed by atoms with Crippen LogP contribution in [-0.2, 0) is 54.9 Å². The number of nitrogens with two attached hydrogens (primary N) is 2. The van der Waals surface area contributed by atoms with Crippen LogP contribution >= 0.6 is 0 Å². The number of fused-ring (bicyclic) bond motifs is 1. The minimum atomic E-state index is -3.36. The molecule has 2 atom stereocenters. The Hall–Kier alpha value is -6.36. The molecule has 0 aromatic heterocycles. The molecule has 17 heteroatoms. The predicted molar refractivity (Wildman–Crippen MR) is 209 cm³/mol. The van der Waals surface area contributed by atoms with E-state index >= 15 is 0 Å². The first-order chi connectivity index (χ1) is 27.5. The quantitative estimate of drug-likeness (QED) is 0.102. The zero-order valence-corrected chi connectivity index (χ0v) is 32.6. The van der Waals surface area contributed by atoms with Gasteiger partial charge in [0.15, 0.2) is 0 Å². The van der Waals surface area contributed by atoms with Crippen LogP contribution in [0.3, 0.4) is 0 Å². The number of carbonyl (C=O) groups is 6. The number of Topliss-reactive ketones (excluding diaryl/α,β-unsaturated/α-hetero) is 1. The Kier molecular flexibility index (Phi) is 13.8. The van der Waals surface area contributed by atoms with Crippen molar-refractivity contribution < 1.29 is 42.3 Å². The van der Waals surface area contributed by atoms with E-state index in [1.54, 1.807) is 36.3 Å². The van der Waals surface area contributed by atoms with E-state index in [2.05, 4.69) is 28.1 Å². The summed E-state index contributed by atoms with van der Waals surface area (Å²) >= 11 is 0. The molecule has 2 saturated heterocycles. The molecule has 7 N–H and O–H groups in total. The molecule has 6 rings (SSSR count). The van der Waals surface area contributed by atoms with Gasteiger partial charge in [0.2, 0.25) is 29.4 Å². The fourth-order valence-corrected chi connectivity index (χ4v) is 6.89. The summed E-state index contributed by atoms with van der Waals surface area (Å²) in [4.78, 5) is 74.9. The number of nitrogens with one attached hydrogen (secondary N) is 3. The van der Waals surface area contributed by atoms with Gasteiger partial charge in [-0.2, -0.15) is 0 Å². The Balaban J connectivity index is 0.000000234. The molecule has 0 saturated carbocycles. The molecular formula is C41H48F2N8O7. The second-order valence-electron chi connectivity index (χ2n) is 14.4. The van der Waals surface area contributed by atoms with Crippen LogP contribution in [0.15, 0.2) is 72.9 Å². The minimum absolute atomic E-state index is 0.0402. The van der Waals surface area contributed by atoms with Crippen molar-refractivity contribution in [3.63, 3.8) is 0 Å². The number of rotatable bonds is 12. The normalized spacial score (nSPS) is 18.0. The van der Waals surface area contributed by atoms with Crippen molar-refractivity contribution in [1.82, 2.24) is 30.8 Å². The molecule has 3 heterocycles. The van der Waals surface area contributed by atoms with Crippen LogP contribution < -0.4 is 32.3 Å². The number of amides is 5. The lowest BCUT2D eigenvalue weighted by Crippen LogP contribution is -2.51. The molecule has 5 amide bonds. The number of methoxy groups -OCH3 is 1. The molecule has 0 radical (unpaired) electrons. The average Bonchev–Trinajstić information content (AvgIpc) is 3.93. The van der Waals surface area contributed by atoms with Crippen molar-refractivity contribution >= 4 is 41.0 Å². The van der Waals surface area contributed by atoms with E-state index in [4.69, 9.17) is 16.3 Å². The molecule has 3 aliphatic heterocycles. The monoisotopic (exact) mass is 802 g/mol. The number of benzene rings is 3. The Morgan fingerprint density at radius 2 is 1.78 bits per heavy atom. The van der Waals surface area contributed by atoms with Crippen LogP contribution in [0.5, 0.6) is 5.75 Å². The first-order valence-electron chi connectivity index (χ1n) is 18.6. The van der Waals surface area contributed by atoms with Crippen molar-refractivity contribution in [2.75, 3.05) is 20.2 Å². The number of halogens is 2. The number of ether oxygens (including phenoxy) is 1. The Bertz CT molecular complexity index is 2080. The number of carbonyl (C=O) groups excluding carboxylic acids is 6. The van der Waals surface area contributed by atoms with Crippen LogP contribution in [0.25, 0.3) is 5.70 Å².